The Labute approximate surface area is 82.5 Å². The van der Waals surface area contributed by atoms with E-state index < -0.39 is 5.60 Å². The van der Waals surface area contributed by atoms with Crippen LogP contribution < -0.4 is 0 Å². The topological polar surface area (TPSA) is 40.5 Å². The highest BCUT2D eigenvalue weighted by atomic mass is 32.2. The molecule has 2 unspecified atom stereocenters. The summed E-state index contributed by atoms with van der Waals surface area (Å²) < 4.78 is 0. The SMILES string of the molecule is CC(C)(O)C(=O)N1CC2CC1CS2. The van der Waals surface area contributed by atoms with Crippen LogP contribution >= 0.6 is 11.8 Å². The van der Waals surface area contributed by atoms with E-state index >= 15 is 0 Å². The van der Waals surface area contributed by atoms with Crippen molar-refractivity contribution in [3.63, 3.8) is 0 Å². The molecule has 4 heteroatoms. The highest BCUT2D eigenvalue weighted by Crippen LogP contribution is 2.38. The molecule has 1 amide bonds. The first-order valence-electron chi connectivity index (χ1n) is 4.63. The van der Waals surface area contributed by atoms with Crippen molar-refractivity contribution < 1.29 is 9.90 Å². The predicted octanol–water partition coefficient (Wildman–Crippen LogP) is 0.474. The van der Waals surface area contributed by atoms with Crippen LogP contribution in [0.25, 0.3) is 0 Å². The molecule has 2 aliphatic rings. The molecule has 1 N–H and O–H groups in total. The maximum atomic E-state index is 11.7. The van der Waals surface area contributed by atoms with E-state index in [4.69, 9.17) is 0 Å². The molecule has 0 aromatic rings. The molecule has 2 fully saturated rings. The molecule has 2 rings (SSSR count). The monoisotopic (exact) mass is 201 g/mol. The van der Waals surface area contributed by atoms with Gasteiger partial charge in [-0.3, -0.25) is 4.79 Å². The maximum absolute atomic E-state index is 11.7. The number of fused-ring (bicyclic) bond motifs is 2. The van der Waals surface area contributed by atoms with Gasteiger partial charge in [0.1, 0.15) is 5.60 Å². The lowest BCUT2D eigenvalue weighted by atomic mass is 10.1. The van der Waals surface area contributed by atoms with Gasteiger partial charge in [0.2, 0.25) is 0 Å². The number of thioether (sulfide) groups is 1. The van der Waals surface area contributed by atoms with Gasteiger partial charge < -0.3 is 10.0 Å². The van der Waals surface area contributed by atoms with Crippen LogP contribution in [0.2, 0.25) is 0 Å². The molecule has 0 aromatic heterocycles. The summed E-state index contributed by atoms with van der Waals surface area (Å²) >= 11 is 1.95. The predicted molar refractivity (Wildman–Crippen MR) is 52.7 cm³/mol. The van der Waals surface area contributed by atoms with Gasteiger partial charge in [0.15, 0.2) is 0 Å². The molecule has 0 aliphatic carbocycles. The number of amides is 1. The average molecular weight is 201 g/mol. The van der Waals surface area contributed by atoms with E-state index in [0.29, 0.717) is 11.3 Å². The molecule has 2 aliphatic heterocycles. The summed E-state index contributed by atoms with van der Waals surface area (Å²) in [4.78, 5) is 13.6. The molecule has 2 bridgehead atoms. The van der Waals surface area contributed by atoms with Crippen molar-refractivity contribution in [1.29, 1.82) is 0 Å². The summed E-state index contributed by atoms with van der Waals surface area (Å²) in [5.41, 5.74) is -1.20. The van der Waals surface area contributed by atoms with Gasteiger partial charge in [-0.15, -0.1) is 0 Å². The van der Waals surface area contributed by atoms with Gasteiger partial charge in [0, 0.05) is 23.6 Å². The molecule has 2 atom stereocenters. The van der Waals surface area contributed by atoms with E-state index in [9.17, 15) is 9.90 Å². The summed E-state index contributed by atoms with van der Waals surface area (Å²) in [7, 11) is 0. The zero-order valence-electron chi connectivity index (χ0n) is 7.99. The standard InChI is InChI=1S/C9H15NO2S/c1-9(2,12)8(11)10-4-7-3-6(10)5-13-7/h6-7,12H,3-5H2,1-2H3. The zero-order valence-corrected chi connectivity index (χ0v) is 8.80. The second-order valence-corrected chi connectivity index (χ2v) is 5.69. The van der Waals surface area contributed by atoms with E-state index in [1.807, 2.05) is 16.7 Å². The van der Waals surface area contributed by atoms with Gasteiger partial charge in [-0.25, -0.2) is 0 Å². The zero-order chi connectivity index (χ0) is 9.64. The number of carbonyl (C=O) groups excluding carboxylic acids is 1. The summed E-state index contributed by atoms with van der Waals surface area (Å²) in [6, 6.07) is 0.383. The minimum absolute atomic E-state index is 0.111. The van der Waals surface area contributed by atoms with Crippen molar-refractivity contribution >= 4 is 17.7 Å². The van der Waals surface area contributed by atoms with Crippen LogP contribution in [0.3, 0.4) is 0 Å². The van der Waals surface area contributed by atoms with Gasteiger partial charge in [0.05, 0.1) is 0 Å². The normalized spacial score (nSPS) is 32.7. The van der Waals surface area contributed by atoms with E-state index in [1.165, 1.54) is 0 Å². The van der Waals surface area contributed by atoms with Gasteiger partial charge in [-0.2, -0.15) is 11.8 Å². The molecular weight excluding hydrogens is 186 g/mol. The van der Waals surface area contributed by atoms with Crippen LogP contribution in [-0.2, 0) is 4.79 Å². The lowest BCUT2D eigenvalue weighted by Gasteiger charge is -2.31. The fourth-order valence-corrected chi connectivity index (χ4v) is 3.43. The molecule has 2 saturated heterocycles. The molecule has 2 heterocycles. The lowest BCUT2D eigenvalue weighted by molar-refractivity contribution is -0.148. The smallest absolute Gasteiger partial charge is 0.254 e. The number of hydrogen-bond donors (Lipinski definition) is 1. The molecule has 0 spiro atoms. The number of likely N-dealkylation sites (tertiary alicyclic amines) is 1. The Morgan fingerprint density at radius 1 is 1.62 bits per heavy atom. The van der Waals surface area contributed by atoms with Crippen molar-refractivity contribution in [2.45, 2.75) is 37.2 Å². The van der Waals surface area contributed by atoms with Crippen LogP contribution in [0.4, 0.5) is 0 Å². The van der Waals surface area contributed by atoms with Crippen LogP contribution in [0.5, 0.6) is 0 Å². The van der Waals surface area contributed by atoms with E-state index in [1.54, 1.807) is 13.8 Å². The quantitative estimate of drug-likeness (QED) is 0.670. The summed E-state index contributed by atoms with van der Waals surface area (Å²) in [5, 5.41) is 10.2. The average Bonchev–Trinajstić information content (AvgIpc) is 2.60. The summed E-state index contributed by atoms with van der Waals surface area (Å²) in [6.45, 7) is 3.96. The van der Waals surface area contributed by atoms with E-state index in [0.717, 1.165) is 18.7 Å². The fraction of sp³-hybridized carbons (Fsp3) is 0.889. The second kappa shape index (κ2) is 2.89. The van der Waals surface area contributed by atoms with Crippen molar-refractivity contribution in [3.05, 3.63) is 0 Å². The van der Waals surface area contributed by atoms with Crippen LogP contribution in [0.1, 0.15) is 20.3 Å². The largest absolute Gasteiger partial charge is 0.381 e. The fourth-order valence-electron chi connectivity index (χ4n) is 2.00. The van der Waals surface area contributed by atoms with Gasteiger partial charge in [-0.1, -0.05) is 0 Å². The molecular formula is C9H15NO2S. The van der Waals surface area contributed by atoms with E-state index in [2.05, 4.69) is 0 Å². The van der Waals surface area contributed by atoms with Crippen molar-refractivity contribution in [2.24, 2.45) is 0 Å². The number of aliphatic hydroxyl groups is 1. The molecule has 3 nitrogen and oxygen atoms in total. The number of rotatable bonds is 1. The molecule has 0 radical (unpaired) electrons. The first-order valence-corrected chi connectivity index (χ1v) is 5.68. The molecule has 0 saturated carbocycles. The Morgan fingerprint density at radius 3 is 2.69 bits per heavy atom. The molecule has 74 valence electrons. The number of carbonyl (C=O) groups is 1. The third kappa shape index (κ3) is 1.57. The summed E-state index contributed by atoms with van der Waals surface area (Å²) in [6.07, 6.45) is 1.12. The molecule has 13 heavy (non-hydrogen) atoms. The minimum atomic E-state index is -1.20. The van der Waals surface area contributed by atoms with Gasteiger partial charge in [-0.05, 0) is 20.3 Å². The lowest BCUT2D eigenvalue weighted by Crippen LogP contribution is -2.49. The third-order valence-corrected chi connectivity index (χ3v) is 4.07. The highest BCUT2D eigenvalue weighted by Gasteiger charge is 2.44. The number of hydrogen-bond acceptors (Lipinski definition) is 3. The van der Waals surface area contributed by atoms with Crippen molar-refractivity contribution in [1.82, 2.24) is 4.90 Å². The van der Waals surface area contributed by atoms with Crippen LogP contribution in [0, 0.1) is 0 Å². The highest BCUT2D eigenvalue weighted by molar-refractivity contribution is 8.00. The van der Waals surface area contributed by atoms with Crippen molar-refractivity contribution in [2.75, 3.05) is 12.3 Å². The molecule has 0 aromatic carbocycles. The Hall–Kier alpha value is -0.220. The first kappa shape index (κ1) is 9.34. The van der Waals surface area contributed by atoms with Gasteiger partial charge >= 0.3 is 0 Å². The third-order valence-electron chi connectivity index (χ3n) is 2.68. The minimum Gasteiger partial charge on any atom is -0.381 e. The Kier molecular flexibility index (Phi) is 2.07. The maximum Gasteiger partial charge on any atom is 0.254 e. The second-order valence-electron chi connectivity index (χ2n) is 4.36. The first-order chi connectivity index (χ1) is 5.98. The number of nitrogens with zero attached hydrogens (tertiary/aromatic N) is 1. The Bertz CT molecular complexity index is 236. The Balaban J connectivity index is 2.07. The van der Waals surface area contributed by atoms with Crippen LogP contribution in [0.15, 0.2) is 0 Å². The summed E-state index contributed by atoms with van der Waals surface area (Å²) in [5.74, 6) is 0.937. The van der Waals surface area contributed by atoms with Crippen molar-refractivity contribution in [3.8, 4) is 0 Å². The van der Waals surface area contributed by atoms with Gasteiger partial charge in [0.25, 0.3) is 5.91 Å². The van der Waals surface area contributed by atoms with Crippen LogP contribution in [-0.4, -0.2) is 45.1 Å². The van der Waals surface area contributed by atoms with E-state index in [-0.39, 0.29) is 5.91 Å². The Morgan fingerprint density at radius 2 is 2.31 bits per heavy atom.